The van der Waals surface area contributed by atoms with Gasteiger partial charge in [0.05, 0.1) is 12.7 Å². The molecule has 21 heavy (non-hydrogen) atoms. The van der Waals surface area contributed by atoms with Crippen LogP contribution >= 0.6 is 0 Å². The lowest BCUT2D eigenvalue weighted by Gasteiger charge is -2.17. The number of hydrogen-bond acceptors (Lipinski definition) is 4. The highest BCUT2D eigenvalue weighted by Crippen LogP contribution is 2.20. The lowest BCUT2D eigenvalue weighted by atomic mass is 10.1. The Morgan fingerprint density at radius 3 is 2.33 bits per heavy atom. The van der Waals surface area contributed by atoms with Gasteiger partial charge in [-0.25, -0.2) is 0 Å². The monoisotopic (exact) mass is 281 g/mol. The summed E-state index contributed by atoms with van der Waals surface area (Å²) in [5.74, 6) is 0.621. The van der Waals surface area contributed by atoms with Crippen molar-refractivity contribution in [3.63, 3.8) is 0 Å². The van der Waals surface area contributed by atoms with E-state index in [0.29, 0.717) is 11.3 Å². The van der Waals surface area contributed by atoms with Crippen molar-refractivity contribution in [3.05, 3.63) is 59.2 Å². The molecule has 108 valence electrons. The second kappa shape index (κ2) is 6.78. The number of methoxy groups -OCH3 is 1. The second-order valence-electron chi connectivity index (χ2n) is 5.06. The number of anilines is 1. The Morgan fingerprint density at radius 2 is 1.71 bits per heavy atom. The van der Waals surface area contributed by atoms with Crippen LogP contribution in [-0.2, 0) is 13.1 Å². The molecule has 0 aliphatic rings. The van der Waals surface area contributed by atoms with Gasteiger partial charge < -0.3 is 10.5 Å². The topological polar surface area (TPSA) is 62.3 Å². The number of nitrogens with two attached hydrogens (primary N) is 1. The van der Waals surface area contributed by atoms with Crippen LogP contribution in [0.1, 0.15) is 16.7 Å². The molecule has 0 saturated heterocycles. The third-order valence-corrected chi connectivity index (χ3v) is 3.27. The summed E-state index contributed by atoms with van der Waals surface area (Å²) in [5, 5.41) is 8.99. The fourth-order valence-electron chi connectivity index (χ4n) is 2.23. The van der Waals surface area contributed by atoms with Gasteiger partial charge in [0.2, 0.25) is 0 Å². The zero-order valence-electron chi connectivity index (χ0n) is 12.3. The van der Waals surface area contributed by atoms with Crippen molar-refractivity contribution in [2.75, 3.05) is 19.9 Å². The summed E-state index contributed by atoms with van der Waals surface area (Å²) >= 11 is 0. The molecule has 0 atom stereocenters. The minimum Gasteiger partial charge on any atom is -0.495 e. The molecular formula is C17H19N3O. The number of nitriles is 1. The van der Waals surface area contributed by atoms with Crippen LogP contribution in [0.2, 0.25) is 0 Å². The van der Waals surface area contributed by atoms with Gasteiger partial charge in [-0.05, 0) is 42.4 Å². The minimum atomic E-state index is 0.558. The van der Waals surface area contributed by atoms with Gasteiger partial charge in [0.15, 0.2) is 0 Å². The summed E-state index contributed by atoms with van der Waals surface area (Å²) in [6.45, 7) is 1.62. The van der Waals surface area contributed by atoms with E-state index in [1.807, 2.05) is 36.4 Å². The third kappa shape index (κ3) is 3.98. The Morgan fingerprint density at radius 1 is 1.10 bits per heavy atom. The highest BCUT2D eigenvalue weighted by Gasteiger charge is 2.06. The predicted octanol–water partition coefficient (Wildman–Crippen LogP) is 2.78. The Bertz CT molecular complexity index is 644. The van der Waals surface area contributed by atoms with Crippen molar-refractivity contribution in [2.45, 2.75) is 13.1 Å². The van der Waals surface area contributed by atoms with Crippen LogP contribution in [0.3, 0.4) is 0 Å². The van der Waals surface area contributed by atoms with Gasteiger partial charge in [0.1, 0.15) is 11.8 Å². The SMILES string of the molecule is COc1cc(CN(C)Cc2ccc(N)cc2)ccc1C#N. The zero-order chi connectivity index (χ0) is 15.2. The first kappa shape index (κ1) is 14.9. The van der Waals surface area contributed by atoms with Gasteiger partial charge in [0.25, 0.3) is 0 Å². The van der Waals surface area contributed by atoms with E-state index in [0.717, 1.165) is 24.3 Å². The summed E-state index contributed by atoms with van der Waals surface area (Å²) in [4.78, 5) is 2.20. The van der Waals surface area contributed by atoms with E-state index in [1.165, 1.54) is 5.56 Å². The number of hydrogen-bond donors (Lipinski definition) is 1. The van der Waals surface area contributed by atoms with Gasteiger partial charge in [-0.1, -0.05) is 18.2 Å². The van der Waals surface area contributed by atoms with E-state index in [-0.39, 0.29) is 0 Å². The highest BCUT2D eigenvalue weighted by molar-refractivity contribution is 5.45. The van der Waals surface area contributed by atoms with Crippen LogP contribution in [0.25, 0.3) is 0 Å². The summed E-state index contributed by atoms with van der Waals surface area (Å²) in [5.41, 5.74) is 9.35. The van der Waals surface area contributed by atoms with Crippen molar-refractivity contribution in [1.82, 2.24) is 4.90 Å². The number of benzene rings is 2. The average molecular weight is 281 g/mol. The van der Waals surface area contributed by atoms with E-state index < -0.39 is 0 Å². The Hall–Kier alpha value is -2.51. The maximum absolute atomic E-state index is 8.99. The first-order valence-electron chi connectivity index (χ1n) is 6.72. The third-order valence-electron chi connectivity index (χ3n) is 3.27. The number of ether oxygens (including phenoxy) is 1. The number of rotatable bonds is 5. The normalized spacial score (nSPS) is 10.4. The Labute approximate surface area is 125 Å². The predicted molar refractivity (Wildman–Crippen MR) is 83.7 cm³/mol. The molecule has 2 N–H and O–H groups in total. The summed E-state index contributed by atoms with van der Waals surface area (Å²) < 4.78 is 5.23. The summed E-state index contributed by atoms with van der Waals surface area (Å²) in [6.07, 6.45) is 0. The molecule has 2 rings (SSSR count). The van der Waals surface area contributed by atoms with E-state index in [4.69, 9.17) is 15.7 Å². The van der Waals surface area contributed by atoms with E-state index in [9.17, 15) is 0 Å². The van der Waals surface area contributed by atoms with Crippen LogP contribution in [0.15, 0.2) is 42.5 Å². The minimum absolute atomic E-state index is 0.558. The Kier molecular flexibility index (Phi) is 4.81. The van der Waals surface area contributed by atoms with Crippen LogP contribution < -0.4 is 10.5 Å². The van der Waals surface area contributed by atoms with Crippen molar-refractivity contribution >= 4 is 5.69 Å². The molecule has 0 amide bonds. The van der Waals surface area contributed by atoms with Crippen molar-refractivity contribution in [2.24, 2.45) is 0 Å². The molecule has 2 aromatic carbocycles. The first-order chi connectivity index (χ1) is 10.1. The smallest absolute Gasteiger partial charge is 0.136 e. The van der Waals surface area contributed by atoms with Gasteiger partial charge in [-0.15, -0.1) is 0 Å². The van der Waals surface area contributed by atoms with Crippen LogP contribution in [-0.4, -0.2) is 19.1 Å². The van der Waals surface area contributed by atoms with E-state index >= 15 is 0 Å². The second-order valence-corrected chi connectivity index (χ2v) is 5.06. The first-order valence-corrected chi connectivity index (χ1v) is 6.72. The Balaban J connectivity index is 2.04. The van der Waals surface area contributed by atoms with Crippen LogP contribution in [0.4, 0.5) is 5.69 Å². The molecule has 0 heterocycles. The average Bonchev–Trinajstić information content (AvgIpc) is 2.49. The van der Waals surface area contributed by atoms with Gasteiger partial charge >= 0.3 is 0 Å². The molecule has 0 spiro atoms. The van der Waals surface area contributed by atoms with E-state index in [1.54, 1.807) is 13.2 Å². The summed E-state index contributed by atoms with van der Waals surface area (Å²) in [7, 11) is 3.64. The van der Waals surface area contributed by atoms with Gasteiger partial charge in [-0.3, -0.25) is 4.90 Å². The van der Waals surface area contributed by atoms with Crippen LogP contribution in [0, 0.1) is 11.3 Å². The number of nitrogen functional groups attached to an aromatic ring is 1. The molecule has 0 fully saturated rings. The molecule has 0 unspecified atom stereocenters. The molecule has 0 aromatic heterocycles. The molecule has 0 bridgehead atoms. The van der Waals surface area contributed by atoms with Gasteiger partial charge in [-0.2, -0.15) is 5.26 Å². The summed E-state index contributed by atoms with van der Waals surface area (Å²) in [6, 6.07) is 15.7. The van der Waals surface area contributed by atoms with Crippen molar-refractivity contribution < 1.29 is 4.74 Å². The molecule has 4 nitrogen and oxygen atoms in total. The fraction of sp³-hybridized carbons (Fsp3) is 0.235. The molecular weight excluding hydrogens is 262 g/mol. The van der Waals surface area contributed by atoms with E-state index in [2.05, 4.69) is 18.0 Å². The molecule has 0 radical (unpaired) electrons. The molecule has 0 aliphatic heterocycles. The molecule has 2 aromatic rings. The molecule has 0 saturated carbocycles. The lowest BCUT2D eigenvalue weighted by Crippen LogP contribution is -2.17. The van der Waals surface area contributed by atoms with Crippen molar-refractivity contribution in [3.8, 4) is 11.8 Å². The quantitative estimate of drug-likeness (QED) is 0.856. The molecule has 0 aliphatic carbocycles. The number of nitrogens with zero attached hydrogens (tertiary/aromatic N) is 2. The maximum atomic E-state index is 8.99. The van der Waals surface area contributed by atoms with Gasteiger partial charge in [0, 0.05) is 18.8 Å². The lowest BCUT2D eigenvalue weighted by molar-refractivity contribution is 0.318. The largest absolute Gasteiger partial charge is 0.495 e. The highest BCUT2D eigenvalue weighted by atomic mass is 16.5. The standard InChI is InChI=1S/C17H19N3O/c1-20(11-13-4-7-16(19)8-5-13)12-14-3-6-15(10-18)17(9-14)21-2/h3-9H,11-12,19H2,1-2H3. The fourth-order valence-corrected chi connectivity index (χ4v) is 2.23. The van der Waals surface area contributed by atoms with Crippen molar-refractivity contribution in [1.29, 1.82) is 5.26 Å². The maximum Gasteiger partial charge on any atom is 0.136 e. The molecule has 4 heteroatoms. The zero-order valence-corrected chi connectivity index (χ0v) is 12.3. The van der Waals surface area contributed by atoms with Crippen LogP contribution in [0.5, 0.6) is 5.75 Å².